The molecule has 2 unspecified atom stereocenters. The average molecular weight is 286 g/mol. The maximum atomic E-state index is 9.87. The molecule has 0 aliphatic carbocycles. The van der Waals surface area contributed by atoms with Gasteiger partial charge in [-0.2, -0.15) is 0 Å². The lowest BCUT2D eigenvalue weighted by Crippen LogP contribution is -2.24. The predicted molar refractivity (Wildman–Crippen MR) is 71.5 cm³/mol. The van der Waals surface area contributed by atoms with Crippen LogP contribution < -0.4 is 5.73 Å². The molecule has 0 amide bonds. The van der Waals surface area contributed by atoms with Crippen molar-refractivity contribution in [1.29, 1.82) is 0 Å². The molecular formula is C13H20BrNO. The number of benzene rings is 1. The molecule has 0 spiro atoms. The Labute approximate surface area is 106 Å². The standard InChI is InChI=1S/C13H20BrNO/c1-8(15)12(16)9-5-6-10(11(14)7-9)13(2,3)4/h5-8,12,16H,15H2,1-4H3. The monoisotopic (exact) mass is 285 g/mol. The summed E-state index contributed by atoms with van der Waals surface area (Å²) in [6, 6.07) is 5.69. The molecule has 1 aromatic carbocycles. The lowest BCUT2D eigenvalue weighted by molar-refractivity contribution is 0.153. The molecule has 0 aliphatic heterocycles. The van der Waals surface area contributed by atoms with Crippen LogP contribution in [0.2, 0.25) is 0 Å². The van der Waals surface area contributed by atoms with Crippen LogP contribution in [0.1, 0.15) is 44.9 Å². The second-order valence-electron chi connectivity index (χ2n) is 5.29. The van der Waals surface area contributed by atoms with E-state index in [2.05, 4.69) is 36.7 Å². The molecule has 90 valence electrons. The van der Waals surface area contributed by atoms with Gasteiger partial charge in [-0.25, -0.2) is 0 Å². The minimum absolute atomic E-state index is 0.0939. The number of halogens is 1. The molecule has 0 saturated heterocycles. The summed E-state index contributed by atoms with van der Waals surface area (Å²) in [5.74, 6) is 0. The van der Waals surface area contributed by atoms with Crippen molar-refractivity contribution in [1.82, 2.24) is 0 Å². The van der Waals surface area contributed by atoms with E-state index in [4.69, 9.17) is 5.73 Å². The quantitative estimate of drug-likeness (QED) is 0.877. The van der Waals surface area contributed by atoms with Crippen LogP contribution in [0.15, 0.2) is 22.7 Å². The smallest absolute Gasteiger partial charge is 0.0938 e. The highest BCUT2D eigenvalue weighted by molar-refractivity contribution is 9.10. The van der Waals surface area contributed by atoms with Crippen molar-refractivity contribution in [2.45, 2.75) is 45.3 Å². The van der Waals surface area contributed by atoms with Gasteiger partial charge < -0.3 is 10.8 Å². The van der Waals surface area contributed by atoms with Gasteiger partial charge in [-0.05, 0) is 29.5 Å². The van der Waals surface area contributed by atoms with Crippen LogP contribution in [0.25, 0.3) is 0 Å². The minimum Gasteiger partial charge on any atom is -0.387 e. The molecule has 0 bridgehead atoms. The maximum absolute atomic E-state index is 9.87. The molecule has 1 aromatic rings. The van der Waals surface area contributed by atoms with Crippen molar-refractivity contribution in [3.8, 4) is 0 Å². The van der Waals surface area contributed by atoms with Crippen molar-refractivity contribution >= 4 is 15.9 Å². The summed E-state index contributed by atoms with van der Waals surface area (Å²) in [6.45, 7) is 8.29. The van der Waals surface area contributed by atoms with Gasteiger partial charge in [0.25, 0.3) is 0 Å². The molecule has 3 N–H and O–H groups in total. The van der Waals surface area contributed by atoms with Crippen LogP contribution >= 0.6 is 15.9 Å². The van der Waals surface area contributed by atoms with Gasteiger partial charge in [0.15, 0.2) is 0 Å². The van der Waals surface area contributed by atoms with E-state index in [9.17, 15) is 5.11 Å². The van der Waals surface area contributed by atoms with Crippen molar-refractivity contribution in [2.24, 2.45) is 5.73 Å². The van der Waals surface area contributed by atoms with E-state index in [-0.39, 0.29) is 11.5 Å². The fourth-order valence-corrected chi connectivity index (χ4v) is 2.62. The van der Waals surface area contributed by atoms with Crippen molar-refractivity contribution < 1.29 is 5.11 Å². The minimum atomic E-state index is -0.606. The van der Waals surface area contributed by atoms with Crippen LogP contribution in [0.3, 0.4) is 0 Å². The first-order valence-corrected chi connectivity index (χ1v) is 6.26. The van der Waals surface area contributed by atoms with E-state index in [1.807, 2.05) is 18.2 Å². The van der Waals surface area contributed by atoms with Gasteiger partial charge in [0.2, 0.25) is 0 Å². The normalized spacial score (nSPS) is 15.9. The van der Waals surface area contributed by atoms with Crippen molar-refractivity contribution in [3.05, 3.63) is 33.8 Å². The van der Waals surface area contributed by atoms with Crippen LogP contribution in [-0.2, 0) is 5.41 Å². The third kappa shape index (κ3) is 3.06. The first-order valence-electron chi connectivity index (χ1n) is 5.47. The Balaban J connectivity index is 3.09. The van der Waals surface area contributed by atoms with Gasteiger partial charge in [-0.15, -0.1) is 0 Å². The van der Waals surface area contributed by atoms with E-state index < -0.39 is 6.10 Å². The van der Waals surface area contributed by atoms with Gasteiger partial charge in [0, 0.05) is 10.5 Å². The molecule has 16 heavy (non-hydrogen) atoms. The number of rotatable bonds is 2. The lowest BCUT2D eigenvalue weighted by Gasteiger charge is -2.23. The molecule has 0 radical (unpaired) electrons. The summed E-state index contributed by atoms with van der Waals surface area (Å²) >= 11 is 3.55. The largest absolute Gasteiger partial charge is 0.387 e. The third-order valence-electron chi connectivity index (χ3n) is 2.64. The highest BCUT2D eigenvalue weighted by Crippen LogP contribution is 2.32. The van der Waals surface area contributed by atoms with Gasteiger partial charge >= 0.3 is 0 Å². The molecule has 0 saturated carbocycles. The van der Waals surface area contributed by atoms with Crippen molar-refractivity contribution in [2.75, 3.05) is 0 Å². The molecule has 3 heteroatoms. The van der Waals surface area contributed by atoms with Crippen molar-refractivity contribution in [3.63, 3.8) is 0 Å². The van der Waals surface area contributed by atoms with Crippen LogP contribution in [0, 0.1) is 0 Å². The molecule has 2 nitrogen and oxygen atoms in total. The number of hydrogen-bond acceptors (Lipinski definition) is 2. The predicted octanol–water partition coefficient (Wildman–Crippen LogP) is 3.13. The first kappa shape index (κ1) is 13.7. The summed E-state index contributed by atoms with van der Waals surface area (Å²) in [5, 5.41) is 9.87. The zero-order valence-corrected chi connectivity index (χ0v) is 11.9. The SMILES string of the molecule is CC(N)C(O)c1ccc(C(C)(C)C)c(Br)c1. The second kappa shape index (κ2) is 4.86. The fraction of sp³-hybridized carbons (Fsp3) is 0.538. The Morgan fingerprint density at radius 2 is 1.88 bits per heavy atom. The molecule has 0 heterocycles. The number of aliphatic hydroxyl groups excluding tert-OH is 1. The fourth-order valence-electron chi connectivity index (χ4n) is 1.63. The maximum Gasteiger partial charge on any atom is 0.0938 e. The molecule has 2 atom stereocenters. The second-order valence-corrected chi connectivity index (χ2v) is 6.15. The molecular weight excluding hydrogens is 266 g/mol. The lowest BCUT2D eigenvalue weighted by atomic mass is 9.86. The molecule has 0 aromatic heterocycles. The summed E-state index contributed by atoms with van der Waals surface area (Å²) in [7, 11) is 0. The summed E-state index contributed by atoms with van der Waals surface area (Å²) in [5.41, 5.74) is 7.86. The van der Waals surface area contributed by atoms with E-state index in [1.165, 1.54) is 5.56 Å². The summed E-state index contributed by atoms with van der Waals surface area (Å²) in [4.78, 5) is 0. The topological polar surface area (TPSA) is 46.2 Å². The van der Waals surface area contributed by atoms with Gasteiger partial charge in [-0.3, -0.25) is 0 Å². The number of aliphatic hydroxyl groups is 1. The number of hydrogen-bond donors (Lipinski definition) is 2. The van der Waals surface area contributed by atoms with E-state index in [1.54, 1.807) is 6.92 Å². The summed E-state index contributed by atoms with van der Waals surface area (Å²) < 4.78 is 1.03. The van der Waals surface area contributed by atoms with Crippen LogP contribution in [0.4, 0.5) is 0 Å². The Morgan fingerprint density at radius 1 is 1.31 bits per heavy atom. The van der Waals surface area contributed by atoms with Gasteiger partial charge in [0.1, 0.15) is 0 Å². The highest BCUT2D eigenvalue weighted by Gasteiger charge is 2.19. The highest BCUT2D eigenvalue weighted by atomic mass is 79.9. The third-order valence-corrected chi connectivity index (χ3v) is 3.30. The number of nitrogens with two attached hydrogens (primary N) is 1. The average Bonchev–Trinajstić information content (AvgIpc) is 2.14. The Kier molecular flexibility index (Phi) is 4.16. The zero-order chi connectivity index (χ0) is 12.5. The van der Waals surface area contributed by atoms with Crippen LogP contribution in [0.5, 0.6) is 0 Å². The van der Waals surface area contributed by atoms with Gasteiger partial charge in [0.05, 0.1) is 6.10 Å². The van der Waals surface area contributed by atoms with Gasteiger partial charge in [-0.1, -0.05) is 48.8 Å². The van der Waals surface area contributed by atoms with E-state index >= 15 is 0 Å². The van der Waals surface area contributed by atoms with Crippen LogP contribution in [-0.4, -0.2) is 11.1 Å². The van der Waals surface area contributed by atoms with E-state index in [0.29, 0.717) is 0 Å². The zero-order valence-electron chi connectivity index (χ0n) is 10.3. The Bertz CT molecular complexity index is 369. The Hall–Kier alpha value is -0.380. The Morgan fingerprint density at radius 3 is 2.25 bits per heavy atom. The molecule has 0 fully saturated rings. The first-order chi connectivity index (χ1) is 7.23. The summed E-state index contributed by atoms with van der Waals surface area (Å²) in [6.07, 6.45) is -0.606. The van der Waals surface area contributed by atoms with E-state index in [0.717, 1.165) is 10.0 Å². The molecule has 1 rings (SSSR count). The molecule has 0 aliphatic rings.